The van der Waals surface area contributed by atoms with Gasteiger partial charge in [-0.25, -0.2) is 13.6 Å². The molecule has 1 unspecified atom stereocenters. The van der Waals surface area contributed by atoms with Crippen molar-refractivity contribution in [3.63, 3.8) is 0 Å². The number of alkyl halides is 2. The quantitative estimate of drug-likeness (QED) is 0.635. The first-order chi connectivity index (χ1) is 7.10. The van der Waals surface area contributed by atoms with E-state index in [0.29, 0.717) is 13.0 Å². The van der Waals surface area contributed by atoms with Crippen molar-refractivity contribution in [2.75, 3.05) is 6.54 Å². The zero-order valence-corrected chi connectivity index (χ0v) is 8.93. The molecule has 0 bridgehead atoms. The molecule has 2 N–H and O–H groups in total. The van der Waals surface area contributed by atoms with Crippen LogP contribution in [-0.2, 0) is 0 Å². The van der Waals surface area contributed by atoms with Crippen LogP contribution in [0.1, 0.15) is 26.2 Å². The largest absolute Gasteiger partial charge is 0.338 e. The lowest BCUT2D eigenvalue weighted by atomic mass is 10.1. The van der Waals surface area contributed by atoms with E-state index in [0.717, 1.165) is 0 Å². The Morgan fingerprint density at radius 3 is 2.60 bits per heavy atom. The summed E-state index contributed by atoms with van der Waals surface area (Å²) in [7, 11) is 0. The molecule has 0 heterocycles. The normalized spacial score (nSPS) is 12.3. The Kier molecular flexibility index (Phi) is 7.58. The maximum Gasteiger partial charge on any atom is 0.315 e. The molecule has 0 aromatic rings. The van der Waals surface area contributed by atoms with E-state index in [1.165, 1.54) is 0 Å². The van der Waals surface area contributed by atoms with Crippen molar-refractivity contribution in [3.8, 4) is 0 Å². The van der Waals surface area contributed by atoms with Gasteiger partial charge < -0.3 is 10.6 Å². The number of urea groups is 1. The average molecular weight is 220 g/mol. The van der Waals surface area contributed by atoms with Crippen molar-refractivity contribution in [1.82, 2.24) is 10.6 Å². The van der Waals surface area contributed by atoms with E-state index >= 15 is 0 Å². The maximum atomic E-state index is 12.0. The number of hydrogen-bond acceptors (Lipinski definition) is 1. The van der Waals surface area contributed by atoms with Gasteiger partial charge in [-0.1, -0.05) is 6.08 Å². The number of nitrogens with one attached hydrogen (secondary N) is 2. The van der Waals surface area contributed by atoms with Gasteiger partial charge in [0.2, 0.25) is 6.43 Å². The second-order valence-electron chi connectivity index (χ2n) is 3.19. The van der Waals surface area contributed by atoms with Gasteiger partial charge in [0.05, 0.1) is 0 Å². The van der Waals surface area contributed by atoms with E-state index in [1.807, 2.05) is 0 Å². The summed E-state index contributed by atoms with van der Waals surface area (Å²) in [5.74, 6) is 0. The van der Waals surface area contributed by atoms with E-state index in [4.69, 9.17) is 0 Å². The summed E-state index contributed by atoms with van der Waals surface area (Å²) in [5, 5.41) is 5.17. The minimum atomic E-state index is -2.33. The van der Waals surface area contributed by atoms with Crippen LogP contribution in [0, 0.1) is 0 Å². The molecule has 2 amide bonds. The second-order valence-corrected chi connectivity index (χ2v) is 3.19. The Hall–Kier alpha value is -1.13. The maximum absolute atomic E-state index is 12.0. The topological polar surface area (TPSA) is 41.1 Å². The first-order valence-electron chi connectivity index (χ1n) is 5.03. The van der Waals surface area contributed by atoms with Crippen LogP contribution < -0.4 is 10.6 Å². The number of carbonyl (C=O) groups is 1. The highest BCUT2D eigenvalue weighted by atomic mass is 19.3. The van der Waals surface area contributed by atoms with Gasteiger partial charge in [-0.3, -0.25) is 0 Å². The number of carbonyl (C=O) groups excluding carboxylic acids is 1. The molecule has 0 radical (unpaired) electrons. The van der Waals surface area contributed by atoms with Crippen LogP contribution in [0.25, 0.3) is 0 Å². The van der Waals surface area contributed by atoms with E-state index < -0.39 is 6.43 Å². The summed E-state index contributed by atoms with van der Waals surface area (Å²) in [6.45, 7) is 5.83. The highest BCUT2D eigenvalue weighted by Gasteiger charge is 2.12. The SMILES string of the molecule is C=CCC(CCC(F)F)NC(=O)NCC. The molecule has 3 nitrogen and oxygen atoms in total. The third kappa shape index (κ3) is 7.90. The highest BCUT2D eigenvalue weighted by Crippen LogP contribution is 2.08. The molecule has 0 aromatic heterocycles. The van der Waals surface area contributed by atoms with Crippen LogP contribution in [0.4, 0.5) is 13.6 Å². The molecule has 5 heteroatoms. The molecular weight excluding hydrogens is 202 g/mol. The zero-order chi connectivity index (χ0) is 11.7. The molecule has 0 saturated heterocycles. The first kappa shape index (κ1) is 13.9. The van der Waals surface area contributed by atoms with Gasteiger partial charge in [0, 0.05) is 19.0 Å². The predicted octanol–water partition coefficient (Wildman–Crippen LogP) is 2.30. The number of rotatable bonds is 7. The predicted molar refractivity (Wildman–Crippen MR) is 56.0 cm³/mol. The molecule has 0 spiro atoms. The molecule has 0 aliphatic rings. The average Bonchev–Trinajstić information content (AvgIpc) is 2.15. The summed E-state index contributed by atoms with van der Waals surface area (Å²) in [6, 6.07) is -0.582. The summed E-state index contributed by atoms with van der Waals surface area (Å²) < 4.78 is 23.9. The van der Waals surface area contributed by atoms with Crippen molar-refractivity contribution in [3.05, 3.63) is 12.7 Å². The van der Waals surface area contributed by atoms with E-state index in [-0.39, 0.29) is 24.9 Å². The minimum absolute atomic E-state index is 0.203. The van der Waals surface area contributed by atoms with Crippen LogP contribution in [-0.4, -0.2) is 25.0 Å². The zero-order valence-electron chi connectivity index (χ0n) is 8.93. The van der Waals surface area contributed by atoms with Crippen molar-refractivity contribution in [2.24, 2.45) is 0 Å². The van der Waals surface area contributed by atoms with Gasteiger partial charge in [0.15, 0.2) is 0 Å². The summed E-state index contributed by atoms with van der Waals surface area (Å²) >= 11 is 0. The molecule has 0 saturated carbocycles. The molecule has 1 atom stereocenters. The highest BCUT2D eigenvalue weighted by molar-refractivity contribution is 5.74. The fraction of sp³-hybridized carbons (Fsp3) is 0.700. The molecule has 0 aliphatic carbocycles. The Morgan fingerprint density at radius 2 is 2.13 bits per heavy atom. The van der Waals surface area contributed by atoms with Crippen LogP contribution in [0.15, 0.2) is 12.7 Å². The molecule has 0 rings (SSSR count). The fourth-order valence-corrected chi connectivity index (χ4v) is 1.17. The van der Waals surface area contributed by atoms with E-state index in [2.05, 4.69) is 17.2 Å². The summed E-state index contributed by atoms with van der Waals surface area (Å²) in [5.41, 5.74) is 0. The van der Waals surface area contributed by atoms with Crippen molar-refractivity contribution in [1.29, 1.82) is 0 Å². The summed E-state index contributed by atoms with van der Waals surface area (Å²) in [6.07, 6.45) is -0.147. The Balaban J connectivity index is 3.91. The smallest absolute Gasteiger partial charge is 0.315 e. The van der Waals surface area contributed by atoms with Crippen molar-refractivity contribution >= 4 is 6.03 Å². The van der Waals surface area contributed by atoms with Gasteiger partial charge in [0.1, 0.15) is 0 Å². The third-order valence-corrected chi connectivity index (χ3v) is 1.86. The molecule has 0 fully saturated rings. The summed E-state index contributed by atoms with van der Waals surface area (Å²) in [4.78, 5) is 11.1. The first-order valence-corrected chi connectivity index (χ1v) is 5.03. The molecule has 0 aliphatic heterocycles. The number of halogens is 2. The Morgan fingerprint density at radius 1 is 1.47 bits per heavy atom. The van der Waals surface area contributed by atoms with Crippen LogP contribution in [0.3, 0.4) is 0 Å². The lowest BCUT2D eigenvalue weighted by Crippen LogP contribution is -2.42. The molecule has 15 heavy (non-hydrogen) atoms. The van der Waals surface area contributed by atoms with Crippen LogP contribution in [0.2, 0.25) is 0 Å². The number of hydrogen-bond donors (Lipinski definition) is 2. The monoisotopic (exact) mass is 220 g/mol. The van der Waals surface area contributed by atoms with E-state index in [1.54, 1.807) is 13.0 Å². The Bertz CT molecular complexity index is 198. The van der Waals surface area contributed by atoms with E-state index in [9.17, 15) is 13.6 Å². The van der Waals surface area contributed by atoms with Gasteiger partial charge >= 0.3 is 6.03 Å². The third-order valence-electron chi connectivity index (χ3n) is 1.86. The van der Waals surface area contributed by atoms with Gasteiger partial charge in [-0.15, -0.1) is 6.58 Å². The van der Waals surface area contributed by atoms with Gasteiger partial charge in [0.25, 0.3) is 0 Å². The fourth-order valence-electron chi connectivity index (χ4n) is 1.17. The Labute approximate surface area is 88.9 Å². The molecular formula is C10H18F2N2O. The van der Waals surface area contributed by atoms with Gasteiger partial charge in [-0.05, 0) is 19.8 Å². The standard InChI is InChI=1S/C10H18F2N2O/c1-3-5-8(6-7-9(11)12)14-10(15)13-4-2/h3,8-9H,1,4-7H2,2H3,(H2,13,14,15). The second kappa shape index (κ2) is 8.20. The number of amides is 2. The van der Waals surface area contributed by atoms with Crippen LogP contribution >= 0.6 is 0 Å². The lowest BCUT2D eigenvalue weighted by Gasteiger charge is -2.17. The van der Waals surface area contributed by atoms with Crippen molar-refractivity contribution in [2.45, 2.75) is 38.7 Å². The van der Waals surface area contributed by atoms with Crippen LogP contribution in [0.5, 0.6) is 0 Å². The van der Waals surface area contributed by atoms with Crippen molar-refractivity contribution < 1.29 is 13.6 Å². The molecule has 88 valence electrons. The minimum Gasteiger partial charge on any atom is -0.338 e. The molecule has 0 aromatic carbocycles. The van der Waals surface area contributed by atoms with Gasteiger partial charge in [-0.2, -0.15) is 0 Å². The lowest BCUT2D eigenvalue weighted by molar-refractivity contribution is 0.130.